The summed E-state index contributed by atoms with van der Waals surface area (Å²) in [6, 6.07) is 2.23. The maximum Gasteiger partial charge on any atom is 0.417 e. The van der Waals surface area contributed by atoms with Crippen molar-refractivity contribution in [1.29, 1.82) is 0 Å². The Labute approximate surface area is 110 Å². The van der Waals surface area contributed by atoms with Crippen LogP contribution >= 0.6 is 27.5 Å². The van der Waals surface area contributed by atoms with Crippen molar-refractivity contribution in [3.05, 3.63) is 32.8 Å². The number of alkyl halides is 3. The number of nitrogens with zero attached hydrogens (tertiary/aromatic N) is 2. The predicted octanol–water partition coefficient (Wildman–Crippen LogP) is 4.02. The van der Waals surface area contributed by atoms with Gasteiger partial charge in [-0.15, -0.1) is 0 Å². The van der Waals surface area contributed by atoms with Crippen molar-refractivity contribution in [1.82, 2.24) is 5.01 Å². The highest BCUT2D eigenvalue weighted by Crippen LogP contribution is 2.37. The van der Waals surface area contributed by atoms with Crippen LogP contribution in [0.5, 0.6) is 0 Å². The zero-order valence-corrected chi connectivity index (χ0v) is 11.4. The molecular weight excluding hydrogens is 320 g/mol. The van der Waals surface area contributed by atoms with Gasteiger partial charge in [0.05, 0.1) is 16.8 Å². The van der Waals surface area contributed by atoms with Crippen LogP contribution < -0.4 is 0 Å². The summed E-state index contributed by atoms with van der Waals surface area (Å²) in [4.78, 5) is 0. The van der Waals surface area contributed by atoms with Crippen molar-refractivity contribution in [3.8, 4) is 0 Å². The molecular formula is C10H9BrClF3N2. The topological polar surface area (TPSA) is 15.6 Å². The van der Waals surface area contributed by atoms with E-state index in [-0.39, 0.29) is 10.6 Å². The van der Waals surface area contributed by atoms with Crippen LogP contribution in [0.4, 0.5) is 13.2 Å². The fourth-order valence-electron chi connectivity index (χ4n) is 1.11. The Balaban J connectivity index is 3.37. The number of hydrogen-bond donors (Lipinski definition) is 0. The van der Waals surface area contributed by atoms with E-state index in [9.17, 15) is 13.2 Å². The zero-order chi connectivity index (χ0) is 13.2. The summed E-state index contributed by atoms with van der Waals surface area (Å²) in [7, 11) is 3.21. The lowest BCUT2D eigenvalue weighted by Gasteiger charge is -2.13. The second-order valence-electron chi connectivity index (χ2n) is 3.41. The van der Waals surface area contributed by atoms with E-state index in [1.165, 1.54) is 11.1 Å². The van der Waals surface area contributed by atoms with E-state index in [4.69, 9.17) is 11.6 Å². The Bertz CT molecular complexity index is 444. The molecule has 0 saturated carbocycles. The van der Waals surface area contributed by atoms with Crippen LogP contribution in [0.25, 0.3) is 0 Å². The molecule has 1 aromatic carbocycles. The Hall–Kier alpha value is -0.750. The third-order valence-electron chi connectivity index (χ3n) is 1.86. The van der Waals surface area contributed by atoms with Crippen molar-refractivity contribution in [3.63, 3.8) is 0 Å². The minimum absolute atomic E-state index is 0.00887. The molecule has 1 rings (SSSR count). The minimum atomic E-state index is -4.46. The third kappa shape index (κ3) is 3.61. The van der Waals surface area contributed by atoms with Gasteiger partial charge in [0, 0.05) is 24.1 Å². The number of hydrogen-bond acceptors (Lipinski definition) is 2. The van der Waals surface area contributed by atoms with Crippen LogP contribution in [0.1, 0.15) is 11.1 Å². The van der Waals surface area contributed by atoms with E-state index in [0.717, 1.165) is 12.3 Å². The Morgan fingerprint density at radius 3 is 2.41 bits per heavy atom. The van der Waals surface area contributed by atoms with Crippen LogP contribution in [0.2, 0.25) is 5.02 Å². The third-order valence-corrected chi connectivity index (χ3v) is 3.15. The second kappa shape index (κ2) is 5.27. The van der Waals surface area contributed by atoms with Crippen LogP contribution in [0.3, 0.4) is 0 Å². The van der Waals surface area contributed by atoms with E-state index in [0.29, 0.717) is 4.47 Å². The van der Waals surface area contributed by atoms with E-state index in [1.54, 1.807) is 14.1 Å². The van der Waals surface area contributed by atoms with Gasteiger partial charge in [0.2, 0.25) is 0 Å². The monoisotopic (exact) mass is 328 g/mol. The predicted molar refractivity (Wildman–Crippen MR) is 65.4 cm³/mol. The summed E-state index contributed by atoms with van der Waals surface area (Å²) in [5.41, 5.74) is -0.960. The van der Waals surface area contributed by atoms with Crippen LogP contribution in [-0.2, 0) is 6.18 Å². The summed E-state index contributed by atoms with van der Waals surface area (Å²) in [5.74, 6) is 0. The fraction of sp³-hybridized carbons (Fsp3) is 0.300. The molecule has 2 nitrogen and oxygen atoms in total. The molecule has 0 unspecified atom stereocenters. The lowest BCUT2D eigenvalue weighted by atomic mass is 10.1. The van der Waals surface area contributed by atoms with Gasteiger partial charge < -0.3 is 5.01 Å². The first-order valence-electron chi connectivity index (χ1n) is 4.50. The van der Waals surface area contributed by atoms with Gasteiger partial charge in [0.15, 0.2) is 0 Å². The molecule has 0 aliphatic rings. The summed E-state index contributed by atoms with van der Waals surface area (Å²) < 4.78 is 38.6. The molecule has 0 fully saturated rings. The van der Waals surface area contributed by atoms with Gasteiger partial charge in [-0.05, 0) is 28.1 Å². The van der Waals surface area contributed by atoms with Gasteiger partial charge in [-0.1, -0.05) is 11.6 Å². The maximum atomic E-state index is 12.7. The highest BCUT2D eigenvalue weighted by atomic mass is 79.9. The second-order valence-corrected chi connectivity index (χ2v) is 4.64. The molecule has 0 atom stereocenters. The van der Waals surface area contributed by atoms with Crippen molar-refractivity contribution in [2.75, 3.05) is 14.1 Å². The van der Waals surface area contributed by atoms with E-state index < -0.39 is 11.7 Å². The molecule has 0 aliphatic heterocycles. The fourth-order valence-corrected chi connectivity index (χ4v) is 1.67. The minimum Gasteiger partial charge on any atom is -0.303 e. The van der Waals surface area contributed by atoms with Crippen LogP contribution in [-0.4, -0.2) is 25.3 Å². The summed E-state index contributed by atoms with van der Waals surface area (Å²) >= 11 is 8.91. The first kappa shape index (κ1) is 14.3. The molecule has 0 heterocycles. The van der Waals surface area contributed by atoms with Crippen molar-refractivity contribution in [2.45, 2.75) is 6.18 Å². The van der Waals surface area contributed by atoms with E-state index in [1.807, 2.05) is 0 Å². The van der Waals surface area contributed by atoms with Crippen molar-refractivity contribution >= 4 is 33.7 Å². The Morgan fingerprint density at radius 1 is 1.35 bits per heavy atom. The van der Waals surface area contributed by atoms with Crippen molar-refractivity contribution < 1.29 is 13.2 Å². The molecule has 7 heteroatoms. The molecule has 17 heavy (non-hydrogen) atoms. The molecule has 0 spiro atoms. The lowest BCUT2D eigenvalue weighted by molar-refractivity contribution is -0.137. The Kier molecular flexibility index (Phi) is 4.43. The number of rotatable bonds is 2. The standard InChI is InChI=1S/C10H9BrClF3N2/c1-17(2)16-5-6-7(10(13,14)15)3-4-8(11)9(6)12/h3-5H,1-2H3/b16-5+. The quantitative estimate of drug-likeness (QED) is 0.591. The van der Waals surface area contributed by atoms with Crippen LogP contribution in [0.15, 0.2) is 21.7 Å². The smallest absolute Gasteiger partial charge is 0.303 e. The molecule has 0 radical (unpaired) electrons. The molecule has 0 bridgehead atoms. The average Bonchev–Trinajstić information content (AvgIpc) is 2.18. The zero-order valence-electron chi connectivity index (χ0n) is 9.02. The van der Waals surface area contributed by atoms with Crippen molar-refractivity contribution in [2.24, 2.45) is 5.10 Å². The molecule has 0 amide bonds. The Morgan fingerprint density at radius 2 is 1.94 bits per heavy atom. The first-order valence-corrected chi connectivity index (χ1v) is 5.67. The van der Waals surface area contributed by atoms with Gasteiger partial charge in [-0.3, -0.25) is 0 Å². The molecule has 1 aromatic rings. The summed E-state index contributed by atoms with van der Waals surface area (Å²) in [6.07, 6.45) is -3.37. The molecule has 0 saturated heterocycles. The van der Waals surface area contributed by atoms with Gasteiger partial charge in [-0.25, -0.2) is 0 Å². The number of hydrazone groups is 1. The van der Waals surface area contributed by atoms with Gasteiger partial charge in [-0.2, -0.15) is 18.3 Å². The van der Waals surface area contributed by atoms with Gasteiger partial charge >= 0.3 is 6.18 Å². The summed E-state index contributed by atoms with van der Waals surface area (Å²) in [5, 5.41) is 5.15. The molecule has 0 aromatic heterocycles. The van der Waals surface area contributed by atoms with E-state index >= 15 is 0 Å². The van der Waals surface area contributed by atoms with Crippen LogP contribution in [0, 0.1) is 0 Å². The SMILES string of the molecule is CN(C)/N=C/c1c(C(F)(F)F)ccc(Br)c1Cl. The summed E-state index contributed by atoms with van der Waals surface area (Å²) in [6.45, 7) is 0. The van der Waals surface area contributed by atoms with Gasteiger partial charge in [0.25, 0.3) is 0 Å². The highest BCUT2D eigenvalue weighted by molar-refractivity contribution is 9.10. The lowest BCUT2D eigenvalue weighted by Crippen LogP contribution is -2.11. The molecule has 0 N–H and O–H groups in total. The number of halogens is 5. The normalized spacial score (nSPS) is 12.2. The average molecular weight is 330 g/mol. The maximum absolute atomic E-state index is 12.7. The highest BCUT2D eigenvalue weighted by Gasteiger charge is 2.34. The largest absolute Gasteiger partial charge is 0.417 e. The van der Waals surface area contributed by atoms with Gasteiger partial charge in [0.1, 0.15) is 0 Å². The first-order chi connectivity index (χ1) is 7.73. The molecule has 94 valence electrons. The molecule has 0 aliphatic carbocycles. The number of benzene rings is 1. The van der Waals surface area contributed by atoms with E-state index in [2.05, 4.69) is 21.0 Å².